The summed E-state index contributed by atoms with van der Waals surface area (Å²) >= 11 is 7.60. The van der Waals surface area contributed by atoms with E-state index in [2.05, 4.69) is 43.2 Å². The van der Waals surface area contributed by atoms with Gasteiger partial charge in [0.05, 0.1) is 12.1 Å². The number of hydrogen-bond donors (Lipinski definition) is 2. The molecule has 2 amide bonds. The highest BCUT2D eigenvalue weighted by Crippen LogP contribution is 2.44. The van der Waals surface area contributed by atoms with Crippen molar-refractivity contribution >= 4 is 45.4 Å². The topological polar surface area (TPSA) is 61.4 Å². The minimum absolute atomic E-state index is 0.0307. The first-order chi connectivity index (χ1) is 16.7. The average molecular weight is 516 g/mol. The van der Waals surface area contributed by atoms with Gasteiger partial charge in [0.1, 0.15) is 5.00 Å². The van der Waals surface area contributed by atoms with Crippen molar-refractivity contribution in [3.8, 4) is 0 Å². The van der Waals surface area contributed by atoms with Crippen LogP contribution in [0.1, 0.15) is 80.6 Å². The zero-order valence-corrected chi connectivity index (χ0v) is 23.0. The van der Waals surface area contributed by atoms with Gasteiger partial charge in [0.15, 0.2) is 0 Å². The van der Waals surface area contributed by atoms with Crippen molar-refractivity contribution in [1.29, 1.82) is 0 Å². The minimum atomic E-state index is -0.168. The number of rotatable bonds is 6. The molecule has 7 heteroatoms. The number of halogens is 1. The Labute approximate surface area is 218 Å². The molecule has 35 heavy (non-hydrogen) atoms. The van der Waals surface area contributed by atoms with Crippen LogP contribution in [0.15, 0.2) is 24.3 Å². The first kappa shape index (κ1) is 26.2. The Kier molecular flexibility index (Phi) is 8.24. The zero-order chi connectivity index (χ0) is 25.2. The molecule has 0 spiro atoms. The normalized spacial score (nSPS) is 20.8. The second-order valence-electron chi connectivity index (χ2n) is 11.1. The summed E-state index contributed by atoms with van der Waals surface area (Å²) in [6.45, 7) is 10.4. The number of carbonyl (C=O) groups excluding carboxylic acids is 2. The molecule has 2 N–H and O–H groups in total. The third kappa shape index (κ3) is 6.28. The fraction of sp³-hybridized carbons (Fsp3) is 0.571. The number of nitrogens with one attached hydrogen (secondary N) is 2. The van der Waals surface area contributed by atoms with Crippen molar-refractivity contribution in [2.75, 3.05) is 23.7 Å². The molecule has 1 aromatic carbocycles. The van der Waals surface area contributed by atoms with E-state index in [-0.39, 0.29) is 17.2 Å². The van der Waals surface area contributed by atoms with E-state index in [1.54, 1.807) is 35.6 Å². The molecular formula is C28H38ClN3O2S. The van der Waals surface area contributed by atoms with E-state index in [1.165, 1.54) is 11.3 Å². The zero-order valence-electron chi connectivity index (χ0n) is 21.4. The molecule has 1 aromatic heterocycles. The second kappa shape index (κ2) is 11.0. The molecule has 2 aliphatic rings. The molecule has 1 fully saturated rings. The predicted molar refractivity (Wildman–Crippen MR) is 147 cm³/mol. The Morgan fingerprint density at radius 2 is 1.86 bits per heavy atom. The van der Waals surface area contributed by atoms with Gasteiger partial charge in [0.2, 0.25) is 5.91 Å². The van der Waals surface area contributed by atoms with Crippen LogP contribution in [-0.2, 0) is 17.6 Å². The van der Waals surface area contributed by atoms with Gasteiger partial charge < -0.3 is 10.6 Å². The quantitative estimate of drug-likeness (QED) is 0.435. The summed E-state index contributed by atoms with van der Waals surface area (Å²) in [4.78, 5) is 30.2. The van der Waals surface area contributed by atoms with Crippen LogP contribution >= 0.6 is 22.9 Å². The number of thiophene rings is 1. The van der Waals surface area contributed by atoms with Crippen molar-refractivity contribution in [1.82, 2.24) is 4.90 Å². The lowest BCUT2D eigenvalue weighted by Crippen LogP contribution is -2.43. The molecule has 1 aliphatic heterocycles. The molecule has 2 atom stereocenters. The summed E-state index contributed by atoms with van der Waals surface area (Å²) in [5.74, 6) is 0.360. The van der Waals surface area contributed by atoms with E-state index in [4.69, 9.17) is 11.6 Å². The van der Waals surface area contributed by atoms with Crippen molar-refractivity contribution in [3.63, 3.8) is 0 Å². The van der Waals surface area contributed by atoms with Gasteiger partial charge in [-0.05, 0) is 86.2 Å². The standard InChI is InChI=1S/C28H38ClN3O2S/c1-5-21-8-6-7-15-32(21)17-24(33)31-27-25(26(34)30-20-12-10-19(29)11-13-20)22-14-9-18(28(2,3)4)16-23(22)35-27/h10-13,18,21H,5-9,14-17H2,1-4H3,(H,30,34)(H,31,33)/t18-,21-/m1/s1. The van der Waals surface area contributed by atoms with Gasteiger partial charge in [-0.1, -0.05) is 45.7 Å². The molecular weight excluding hydrogens is 478 g/mol. The highest BCUT2D eigenvalue weighted by Gasteiger charge is 2.34. The minimum Gasteiger partial charge on any atom is -0.322 e. The SMILES string of the molecule is CC[C@@H]1CCCCN1CC(=O)Nc1sc2c(c1C(=O)Nc1ccc(Cl)cc1)CC[C@@H](C(C)(C)C)C2. The number of likely N-dealkylation sites (tertiary alicyclic amines) is 1. The molecule has 0 saturated carbocycles. The number of hydrogen-bond acceptors (Lipinski definition) is 4. The van der Waals surface area contributed by atoms with E-state index in [0.717, 1.165) is 50.6 Å². The van der Waals surface area contributed by atoms with E-state index >= 15 is 0 Å². The van der Waals surface area contributed by atoms with E-state index in [1.807, 2.05) is 0 Å². The first-order valence-electron chi connectivity index (χ1n) is 12.9. The van der Waals surface area contributed by atoms with Crippen molar-refractivity contribution in [2.24, 2.45) is 11.3 Å². The van der Waals surface area contributed by atoms with Crippen LogP contribution in [0.2, 0.25) is 5.02 Å². The van der Waals surface area contributed by atoms with Crippen LogP contribution in [0.25, 0.3) is 0 Å². The highest BCUT2D eigenvalue weighted by atomic mass is 35.5. The lowest BCUT2D eigenvalue weighted by molar-refractivity contribution is -0.118. The molecule has 0 radical (unpaired) electrons. The van der Waals surface area contributed by atoms with Gasteiger partial charge in [0, 0.05) is 21.6 Å². The second-order valence-corrected chi connectivity index (χ2v) is 12.6. The van der Waals surface area contributed by atoms with Gasteiger partial charge in [-0.25, -0.2) is 0 Å². The van der Waals surface area contributed by atoms with Gasteiger partial charge in [-0.2, -0.15) is 0 Å². The number of amides is 2. The molecule has 190 valence electrons. The number of carbonyl (C=O) groups is 2. The maximum atomic E-state index is 13.5. The Morgan fingerprint density at radius 1 is 1.11 bits per heavy atom. The van der Waals surface area contributed by atoms with Gasteiger partial charge in [-0.15, -0.1) is 11.3 Å². The molecule has 4 rings (SSSR count). The summed E-state index contributed by atoms with van der Waals surface area (Å²) < 4.78 is 0. The van der Waals surface area contributed by atoms with E-state index in [0.29, 0.717) is 39.8 Å². The van der Waals surface area contributed by atoms with Crippen molar-refractivity contribution in [3.05, 3.63) is 45.3 Å². The molecule has 1 saturated heterocycles. The third-order valence-corrected chi connectivity index (χ3v) is 9.06. The number of fused-ring (bicyclic) bond motifs is 1. The van der Waals surface area contributed by atoms with Crippen LogP contribution in [-0.4, -0.2) is 35.8 Å². The highest BCUT2D eigenvalue weighted by molar-refractivity contribution is 7.17. The Balaban J connectivity index is 1.58. The van der Waals surface area contributed by atoms with Gasteiger partial charge in [-0.3, -0.25) is 14.5 Å². The molecule has 0 bridgehead atoms. The number of piperidine rings is 1. The summed E-state index contributed by atoms with van der Waals surface area (Å²) in [7, 11) is 0. The summed E-state index contributed by atoms with van der Waals surface area (Å²) in [5, 5.41) is 7.48. The van der Waals surface area contributed by atoms with Crippen LogP contribution in [0, 0.1) is 11.3 Å². The Morgan fingerprint density at radius 3 is 2.54 bits per heavy atom. The van der Waals surface area contributed by atoms with Crippen LogP contribution in [0.4, 0.5) is 10.7 Å². The maximum Gasteiger partial charge on any atom is 0.258 e. The van der Waals surface area contributed by atoms with Crippen LogP contribution in [0.5, 0.6) is 0 Å². The average Bonchev–Trinajstić information content (AvgIpc) is 3.17. The third-order valence-electron chi connectivity index (χ3n) is 7.64. The number of benzene rings is 1. The lowest BCUT2D eigenvalue weighted by Gasteiger charge is -2.34. The molecule has 0 unspecified atom stereocenters. The Hall–Kier alpha value is -1.89. The van der Waals surface area contributed by atoms with Crippen molar-refractivity contribution < 1.29 is 9.59 Å². The smallest absolute Gasteiger partial charge is 0.258 e. The fourth-order valence-electron chi connectivity index (χ4n) is 5.46. The van der Waals surface area contributed by atoms with Gasteiger partial charge in [0.25, 0.3) is 5.91 Å². The molecule has 1 aliphatic carbocycles. The summed E-state index contributed by atoms with van der Waals surface area (Å²) in [6, 6.07) is 7.59. The number of nitrogens with zero attached hydrogens (tertiary/aromatic N) is 1. The first-order valence-corrected chi connectivity index (χ1v) is 14.1. The lowest BCUT2D eigenvalue weighted by atomic mass is 9.72. The van der Waals surface area contributed by atoms with Crippen LogP contribution < -0.4 is 10.6 Å². The number of anilines is 2. The van der Waals surface area contributed by atoms with E-state index < -0.39 is 0 Å². The predicted octanol–water partition coefficient (Wildman–Crippen LogP) is 7.01. The van der Waals surface area contributed by atoms with Gasteiger partial charge >= 0.3 is 0 Å². The van der Waals surface area contributed by atoms with E-state index in [9.17, 15) is 9.59 Å². The maximum absolute atomic E-state index is 13.5. The molecule has 2 heterocycles. The summed E-state index contributed by atoms with van der Waals surface area (Å²) in [5.41, 5.74) is 2.63. The fourth-order valence-corrected chi connectivity index (χ4v) is 6.93. The molecule has 2 aromatic rings. The van der Waals surface area contributed by atoms with Crippen LogP contribution in [0.3, 0.4) is 0 Å². The monoisotopic (exact) mass is 515 g/mol. The summed E-state index contributed by atoms with van der Waals surface area (Å²) in [6.07, 6.45) is 7.44. The van der Waals surface area contributed by atoms with Crippen molar-refractivity contribution in [2.45, 2.75) is 78.7 Å². The Bertz CT molecular complexity index is 1060. The molecule has 5 nitrogen and oxygen atoms in total. The largest absolute Gasteiger partial charge is 0.322 e.